The molecule has 2 atom stereocenters. The molecule has 2 aromatic heterocycles. The number of carbonyl (C=O) groups excluding carboxylic acids is 2. The molecular weight excluding hydrogens is 1130 g/mol. The third kappa shape index (κ3) is 18.6. The topological polar surface area (TPSA) is 241 Å². The lowest BCUT2D eigenvalue weighted by atomic mass is 10.0. The van der Waals surface area contributed by atoms with Gasteiger partial charge in [0.15, 0.2) is 52.2 Å². The molecule has 0 saturated heterocycles. The normalized spacial score (nSPS) is 13.7. The molecule has 18 nitrogen and oxygen atoms in total. The van der Waals surface area contributed by atoms with Crippen LogP contribution in [-0.4, -0.2) is 76.7 Å². The van der Waals surface area contributed by atoms with Gasteiger partial charge in [0, 0.05) is 24.9 Å². The molecule has 3 aromatic carbocycles. The van der Waals surface area contributed by atoms with E-state index in [1.54, 1.807) is 0 Å². The maximum atomic E-state index is 13.2. The number of halogens is 12. The Balaban J connectivity index is 0.000000415. The Morgan fingerprint density at radius 3 is 1.01 bits per heavy atom. The molecule has 34 heteroatoms. The number of rotatable bonds is 18. The molecule has 0 aliphatic heterocycles. The number of imidazole rings is 2. The highest BCUT2D eigenvalue weighted by atomic mass is 32.3. The number of carbonyl (C=O) groups is 2. The van der Waals surface area contributed by atoms with E-state index in [1.807, 2.05) is 107 Å². The second-order valence-electron chi connectivity index (χ2n) is 16.5. The predicted molar refractivity (Wildman–Crippen MR) is 245 cm³/mol. The van der Waals surface area contributed by atoms with E-state index in [-0.39, 0.29) is 35.7 Å². The van der Waals surface area contributed by atoms with Crippen LogP contribution in [0.2, 0.25) is 0 Å². The van der Waals surface area contributed by atoms with Gasteiger partial charge in [-0.3, -0.25) is 9.59 Å². The minimum atomic E-state index is -6.72. The molecule has 5 aromatic rings. The largest absolute Gasteiger partial charge is 0.480 e. The van der Waals surface area contributed by atoms with Crippen molar-refractivity contribution in [2.75, 3.05) is 0 Å². The summed E-state index contributed by atoms with van der Waals surface area (Å²) >= 11 is 0. The van der Waals surface area contributed by atoms with Gasteiger partial charge in [-0.25, -0.2) is 51.9 Å². The van der Waals surface area contributed by atoms with E-state index in [1.165, 1.54) is 11.1 Å². The molecule has 0 unspecified atom stereocenters. The van der Waals surface area contributed by atoms with Crippen LogP contribution >= 0.6 is 0 Å². The van der Waals surface area contributed by atoms with Crippen LogP contribution in [-0.2, 0) is 75.9 Å². The second-order valence-corrected chi connectivity index (χ2v) is 23.3. The zero-order valence-corrected chi connectivity index (χ0v) is 42.9. The van der Waals surface area contributed by atoms with Crippen LogP contribution in [0.3, 0.4) is 0 Å². The Bertz CT molecular complexity index is 2900. The fraction of sp³-hybridized carbons (Fsp3) is 0.381. The first kappa shape index (κ1) is 64.2. The van der Waals surface area contributed by atoms with E-state index in [2.05, 4.69) is 71.7 Å². The average Bonchev–Trinajstić information content (AvgIpc) is 3.93. The van der Waals surface area contributed by atoms with Crippen molar-refractivity contribution in [2.24, 2.45) is 11.8 Å². The van der Waals surface area contributed by atoms with Crippen LogP contribution in [0, 0.1) is 11.8 Å². The molecule has 0 aliphatic carbocycles. The molecule has 422 valence electrons. The molecule has 5 rings (SSSR count). The fourth-order valence-electron chi connectivity index (χ4n) is 6.36. The monoisotopic (exact) mass is 1180 g/mol. The Kier molecular flexibility index (Phi) is 21.4. The zero-order valence-electron chi connectivity index (χ0n) is 39.6. The van der Waals surface area contributed by atoms with Gasteiger partial charge in [-0.1, -0.05) is 107 Å². The molecule has 0 bridgehead atoms. The van der Waals surface area contributed by atoms with E-state index < -0.39 is 62.1 Å². The van der Waals surface area contributed by atoms with Gasteiger partial charge in [-0.15, -0.1) is 0 Å². The fourth-order valence-corrected chi connectivity index (χ4v) is 9.78. The number of nitrogens with zero attached hydrogens (tertiary/aromatic N) is 6. The Morgan fingerprint density at radius 1 is 0.474 bits per heavy atom. The van der Waals surface area contributed by atoms with E-state index in [0.29, 0.717) is 26.2 Å². The first-order chi connectivity index (χ1) is 34.7. The number of hydrogen-bond donors (Lipinski definition) is 2. The van der Waals surface area contributed by atoms with Crippen LogP contribution in [0.25, 0.3) is 8.25 Å². The summed E-state index contributed by atoms with van der Waals surface area (Å²) in [5, 5.41) is 6.21. The van der Waals surface area contributed by atoms with Crippen LogP contribution in [0.5, 0.6) is 0 Å². The molecule has 0 fully saturated rings. The molecule has 0 saturated carbocycles. The number of amides is 2. The number of hydrogen-bond acceptors (Lipinski definition) is 10. The van der Waals surface area contributed by atoms with E-state index in [0.717, 1.165) is 19.4 Å². The van der Waals surface area contributed by atoms with Crippen molar-refractivity contribution in [2.45, 2.75) is 88.0 Å². The second kappa shape index (κ2) is 25.4. The Morgan fingerprint density at radius 2 is 0.750 bits per heavy atom. The number of aromatic nitrogens is 4. The Hall–Kier alpha value is -6.10. The van der Waals surface area contributed by atoms with Gasteiger partial charge in [-0.2, -0.15) is 52.7 Å². The van der Waals surface area contributed by atoms with E-state index in [9.17, 15) is 95.9 Å². The Labute approximate surface area is 427 Å². The predicted octanol–water partition coefficient (Wildman–Crippen LogP) is 7.11. The van der Waals surface area contributed by atoms with Crippen molar-refractivity contribution in [1.29, 1.82) is 0 Å². The van der Waals surface area contributed by atoms with Gasteiger partial charge < -0.3 is 18.9 Å². The molecule has 0 spiro atoms. The number of sulfonamides is 4. The van der Waals surface area contributed by atoms with Crippen molar-refractivity contribution < 1.29 is 105 Å². The molecule has 0 aliphatic rings. The smallest absolute Gasteiger partial charge is 0.421 e. The van der Waals surface area contributed by atoms with Gasteiger partial charge in [0.1, 0.15) is 37.9 Å². The summed E-state index contributed by atoms with van der Waals surface area (Å²) in [5.74, 6) is 0.297. The van der Waals surface area contributed by atoms with Crippen LogP contribution < -0.4 is 19.8 Å². The first-order valence-electron chi connectivity index (χ1n) is 21.3. The summed E-state index contributed by atoms with van der Waals surface area (Å²) in [4.78, 5) is 26.4. The van der Waals surface area contributed by atoms with Crippen LogP contribution in [0.1, 0.15) is 62.0 Å². The average molecular weight is 1180 g/mol. The maximum Gasteiger partial charge on any atom is 0.480 e. The van der Waals surface area contributed by atoms with E-state index in [4.69, 9.17) is 0 Å². The summed E-state index contributed by atoms with van der Waals surface area (Å²) in [6.07, 6.45) is 12.0. The molecule has 2 heterocycles. The van der Waals surface area contributed by atoms with Crippen LogP contribution in [0.15, 0.2) is 122 Å². The summed E-state index contributed by atoms with van der Waals surface area (Å²) in [6.45, 7) is 10.7. The minimum Gasteiger partial charge on any atom is -0.421 e. The molecule has 2 N–H and O–H groups in total. The third-order valence-corrected chi connectivity index (χ3v) is 15.2. The zero-order chi connectivity index (χ0) is 57.9. The summed E-state index contributed by atoms with van der Waals surface area (Å²) in [5.41, 5.74) is -20.3. The lowest BCUT2D eigenvalue weighted by molar-refractivity contribution is -0.689. The minimum absolute atomic E-state index is 0.0148. The lowest BCUT2D eigenvalue weighted by Crippen LogP contribution is -2.37. The molecular formula is C42H46F12N8O10S4. The van der Waals surface area contributed by atoms with Crippen molar-refractivity contribution >= 4 is 51.9 Å². The molecule has 2 amide bonds. The van der Waals surface area contributed by atoms with E-state index >= 15 is 0 Å². The van der Waals surface area contributed by atoms with Crippen molar-refractivity contribution in [3.05, 3.63) is 153 Å². The number of benzene rings is 3. The van der Waals surface area contributed by atoms with Gasteiger partial charge in [0.05, 0.1) is 0 Å². The maximum absolute atomic E-state index is 13.2. The highest BCUT2D eigenvalue weighted by molar-refractivity contribution is 8.13. The quantitative estimate of drug-likeness (QED) is 0.0666. The highest BCUT2D eigenvalue weighted by Crippen LogP contribution is 2.37. The van der Waals surface area contributed by atoms with Gasteiger partial charge in [-0.05, 0) is 28.3 Å². The van der Waals surface area contributed by atoms with Crippen molar-refractivity contribution in [1.82, 2.24) is 19.8 Å². The summed E-state index contributed by atoms with van der Waals surface area (Å²) in [6, 6.07) is 27.9. The standard InChI is InChI=1S/C38H44N6O2.2C2F6NO4S2/c1-29(2)35(37(45)39-23-31-12-7-5-8-13-31)43-20-18-41(27-43)25-33-16-11-17-34(22-33)26-42-19-21-44(28-42)36(30(3)4)38(46)40-24-32-14-9-6-10-15-32;2*3-1(4,5)14(10,11)9-15(12,13)2(6,7)8/h5-22,27-30,35-36H,23-26H2,1-4H3;;/q;2*-1/p+2/t35-,36-;;/m1../s1. The summed E-state index contributed by atoms with van der Waals surface area (Å²) < 4.78 is 227. The van der Waals surface area contributed by atoms with Gasteiger partial charge >= 0.3 is 22.0 Å². The number of nitrogens with one attached hydrogen (secondary N) is 2. The van der Waals surface area contributed by atoms with Crippen molar-refractivity contribution in [3.8, 4) is 0 Å². The highest BCUT2D eigenvalue weighted by Gasteiger charge is 2.48. The third-order valence-electron chi connectivity index (χ3n) is 9.77. The lowest BCUT2D eigenvalue weighted by Gasteiger charge is -2.22. The number of alkyl halides is 12. The summed E-state index contributed by atoms with van der Waals surface area (Å²) in [7, 11) is -26.9. The van der Waals surface area contributed by atoms with Crippen molar-refractivity contribution in [3.63, 3.8) is 0 Å². The molecule has 0 radical (unpaired) electrons. The van der Waals surface area contributed by atoms with Gasteiger partial charge in [0.25, 0.3) is 11.8 Å². The van der Waals surface area contributed by atoms with Crippen LogP contribution in [0.4, 0.5) is 52.7 Å². The molecule has 76 heavy (non-hydrogen) atoms. The SMILES string of the molecule is CC(C)[C@H](C(=O)NCc1ccccc1)n1cc[n+](Cc2cccc(C[n+]3ccn([C@@H](C(=O)NCc4ccccc4)C(C)C)c3)c2)c1.O=S(=O)([N-]S(=O)(=O)C(F)(F)F)C(F)(F)F.O=S(=O)([N-]S(=O)(=O)C(F)(F)F)C(F)(F)F. The van der Waals surface area contributed by atoms with Gasteiger partial charge in [0.2, 0.25) is 12.7 Å². The first-order valence-corrected chi connectivity index (χ1v) is 27.0.